The van der Waals surface area contributed by atoms with Gasteiger partial charge in [0.1, 0.15) is 4.90 Å². The van der Waals surface area contributed by atoms with E-state index in [0.29, 0.717) is 11.6 Å². The van der Waals surface area contributed by atoms with Gasteiger partial charge < -0.3 is 4.90 Å². The third kappa shape index (κ3) is 4.41. The van der Waals surface area contributed by atoms with Gasteiger partial charge in [-0.25, -0.2) is 13.1 Å². The first-order valence-electron chi connectivity index (χ1n) is 9.25. The molecule has 1 aromatic rings. The molecule has 1 aromatic carbocycles. The Bertz CT molecular complexity index is 791. The van der Waals surface area contributed by atoms with Crippen molar-refractivity contribution in [3.05, 3.63) is 28.8 Å². The SMILES string of the molecule is CC(C)(C)NS(=O)(=O)c1cc(C(=O)N(C2CCCC2)C2CC2)ccc1Cl. The second-order valence-electron chi connectivity index (χ2n) is 8.38. The second-order valence-corrected chi connectivity index (χ2v) is 10.4. The van der Waals surface area contributed by atoms with Crippen molar-refractivity contribution in [2.75, 3.05) is 0 Å². The number of nitrogens with one attached hydrogen (secondary N) is 1. The zero-order valence-corrected chi connectivity index (χ0v) is 17.2. The van der Waals surface area contributed by atoms with E-state index in [1.54, 1.807) is 26.8 Å². The summed E-state index contributed by atoms with van der Waals surface area (Å²) in [5, 5.41) is 0.122. The molecule has 0 aliphatic heterocycles. The van der Waals surface area contributed by atoms with E-state index in [0.717, 1.165) is 38.5 Å². The smallest absolute Gasteiger partial charge is 0.254 e. The van der Waals surface area contributed by atoms with E-state index in [-0.39, 0.29) is 21.9 Å². The van der Waals surface area contributed by atoms with Crippen molar-refractivity contribution in [1.29, 1.82) is 0 Å². The summed E-state index contributed by atoms with van der Waals surface area (Å²) in [6.45, 7) is 5.30. The highest BCUT2D eigenvalue weighted by molar-refractivity contribution is 7.89. The minimum absolute atomic E-state index is 0.0397. The van der Waals surface area contributed by atoms with Crippen LogP contribution < -0.4 is 4.72 Å². The Balaban J connectivity index is 1.92. The van der Waals surface area contributed by atoms with Crippen molar-refractivity contribution in [3.8, 4) is 0 Å². The summed E-state index contributed by atoms with van der Waals surface area (Å²) in [6.07, 6.45) is 6.44. The highest BCUT2D eigenvalue weighted by Gasteiger charge is 2.39. The Labute approximate surface area is 161 Å². The quantitative estimate of drug-likeness (QED) is 0.816. The number of sulfonamides is 1. The summed E-state index contributed by atoms with van der Waals surface area (Å²) in [5.41, 5.74) is -0.242. The Kier molecular flexibility index (Phi) is 5.39. The molecule has 7 heteroatoms. The molecule has 0 unspecified atom stereocenters. The maximum atomic E-state index is 13.2. The lowest BCUT2D eigenvalue weighted by Gasteiger charge is -2.29. The fraction of sp³-hybridized carbons (Fsp3) is 0.632. The van der Waals surface area contributed by atoms with Crippen LogP contribution in [-0.4, -0.2) is 36.8 Å². The largest absolute Gasteiger partial charge is 0.333 e. The third-order valence-electron chi connectivity index (χ3n) is 4.80. The van der Waals surface area contributed by atoms with Crippen LogP contribution in [0.4, 0.5) is 0 Å². The molecule has 2 fully saturated rings. The number of hydrogen-bond acceptors (Lipinski definition) is 3. The van der Waals surface area contributed by atoms with E-state index in [1.807, 2.05) is 4.90 Å². The van der Waals surface area contributed by atoms with Crippen molar-refractivity contribution in [2.45, 2.75) is 81.8 Å². The molecular weight excluding hydrogens is 372 g/mol. The average Bonchev–Trinajstić information content (AvgIpc) is 3.19. The molecule has 0 spiro atoms. The molecule has 0 bridgehead atoms. The molecule has 2 aliphatic carbocycles. The Morgan fingerprint density at radius 3 is 2.23 bits per heavy atom. The fourth-order valence-electron chi connectivity index (χ4n) is 3.61. The highest BCUT2D eigenvalue weighted by atomic mass is 35.5. The molecule has 5 nitrogen and oxygen atoms in total. The lowest BCUT2D eigenvalue weighted by atomic mass is 10.1. The van der Waals surface area contributed by atoms with Crippen LogP contribution in [0.25, 0.3) is 0 Å². The average molecular weight is 399 g/mol. The van der Waals surface area contributed by atoms with Crippen LogP contribution in [0.5, 0.6) is 0 Å². The highest BCUT2D eigenvalue weighted by Crippen LogP contribution is 2.36. The molecule has 2 saturated carbocycles. The van der Waals surface area contributed by atoms with Crippen LogP contribution >= 0.6 is 11.6 Å². The van der Waals surface area contributed by atoms with Crippen molar-refractivity contribution in [3.63, 3.8) is 0 Å². The minimum Gasteiger partial charge on any atom is -0.333 e. The number of amides is 1. The number of hydrogen-bond donors (Lipinski definition) is 1. The molecule has 0 heterocycles. The first kappa shape index (κ1) is 19.6. The lowest BCUT2D eigenvalue weighted by molar-refractivity contribution is 0.0664. The minimum atomic E-state index is -3.81. The number of rotatable bonds is 5. The van der Waals surface area contributed by atoms with Crippen molar-refractivity contribution >= 4 is 27.5 Å². The van der Waals surface area contributed by atoms with Crippen molar-refractivity contribution in [1.82, 2.24) is 9.62 Å². The standard InChI is InChI=1S/C19H27ClN2O3S/c1-19(2,3)21-26(24,25)17-12-13(8-11-16(17)20)18(23)22(15-9-10-15)14-6-4-5-7-14/h8,11-12,14-15,21H,4-7,9-10H2,1-3H3. The van der Waals surface area contributed by atoms with Gasteiger partial charge in [-0.05, 0) is 64.7 Å². The molecule has 144 valence electrons. The molecule has 0 atom stereocenters. The molecule has 0 saturated heterocycles. The van der Waals surface area contributed by atoms with Gasteiger partial charge >= 0.3 is 0 Å². The van der Waals surface area contributed by atoms with Gasteiger partial charge in [-0.3, -0.25) is 4.79 Å². The van der Waals surface area contributed by atoms with Gasteiger partial charge in [-0.15, -0.1) is 0 Å². The zero-order chi connectivity index (χ0) is 19.1. The van der Waals surface area contributed by atoms with Gasteiger partial charge in [-0.2, -0.15) is 0 Å². The van der Waals surface area contributed by atoms with Crippen LogP contribution in [0.15, 0.2) is 23.1 Å². The molecule has 2 aliphatic rings. The first-order valence-corrected chi connectivity index (χ1v) is 11.1. The Morgan fingerprint density at radius 2 is 1.69 bits per heavy atom. The van der Waals surface area contributed by atoms with Crippen molar-refractivity contribution in [2.24, 2.45) is 0 Å². The maximum absolute atomic E-state index is 13.2. The number of carbonyl (C=O) groups excluding carboxylic acids is 1. The van der Waals surface area contributed by atoms with Gasteiger partial charge in [0.15, 0.2) is 0 Å². The lowest BCUT2D eigenvalue weighted by Crippen LogP contribution is -2.41. The summed E-state index contributed by atoms with van der Waals surface area (Å²) in [6, 6.07) is 5.13. The molecule has 0 aromatic heterocycles. The topological polar surface area (TPSA) is 66.5 Å². The molecule has 1 amide bonds. The van der Waals surface area contributed by atoms with Crippen molar-refractivity contribution < 1.29 is 13.2 Å². The predicted molar refractivity (Wildman–Crippen MR) is 103 cm³/mol. The van der Waals surface area contributed by atoms with Gasteiger partial charge in [0.05, 0.1) is 5.02 Å². The van der Waals surface area contributed by atoms with Gasteiger partial charge in [0.25, 0.3) is 5.91 Å². The molecule has 26 heavy (non-hydrogen) atoms. The predicted octanol–water partition coefficient (Wildman–Crippen LogP) is 3.96. The van der Waals surface area contributed by atoms with Gasteiger partial charge in [0, 0.05) is 23.2 Å². The zero-order valence-electron chi connectivity index (χ0n) is 15.6. The van der Waals surface area contributed by atoms with E-state index in [1.165, 1.54) is 12.1 Å². The summed E-state index contributed by atoms with van der Waals surface area (Å²) >= 11 is 6.15. The number of carbonyl (C=O) groups is 1. The summed E-state index contributed by atoms with van der Waals surface area (Å²) in [5.74, 6) is -0.0803. The number of halogens is 1. The van der Waals surface area contributed by atoms with Crippen LogP contribution in [0.1, 0.15) is 69.7 Å². The van der Waals surface area contributed by atoms with Gasteiger partial charge in [0.2, 0.25) is 10.0 Å². The molecular formula is C19H27ClN2O3S. The first-order chi connectivity index (χ1) is 12.1. The van der Waals surface area contributed by atoms with Crippen LogP contribution in [0.3, 0.4) is 0 Å². The van der Waals surface area contributed by atoms with Crippen LogP contribution in [0, 0.1) is 0 Å². The van der Waals surface area contributed by atoms with Crippen LogP contribution in [-0.2, 0) is 10.0 Å². The number of nitrogens with zero attached hydrogens (tertiary/aromatic N) is 1. The van der Waals surface area contributed by atoms with E-state index in [4.69, 9.17) is 11.6 Å². The van der Waals surface area contributed by atoms with E-state index >= 15 is 0 Å². The van der Waals surface area contributed by atoms with Crippen LogP contribution in [0.2, 0.25) is 5.02 Å². The van der Waals surface area contributed by atoms with Gasteiger partial charge in [-0.1, -0.05) is 24.4 Å². The fourth-order valence-corrected chi connectivity index (χ4v) is 5.56. The monoisotopic (exact) mass is 398 g/mol. The summed E-state index contributed by atoms with van der Waals surface area (Å²) in [4.78, 5) is 15.1. The third-order valence-corrected chi connectivity index (χ3v) is 7.04. The normalized spacial score (nSPS) is 18.9. The Hall–Kier alpha value is -1.11. The van der Waals surface area contributed by atoms with E-state index in [9.17, 15) is 13.2 Å². The van der Waals surface area contributed by atoms with E-state index < -0.39 is 15.6 Å². The summed E-state index contributed by atoms with van der Waals surface area (Å²) in [7, 11) is -3.81. The summed E-state index contributed by atoms with van der Waals surface area (Å²) < 4.78 is 28.0. The van der Waals surface area contributed by atoms with E-state index in [2.05, 4.69) is 4.72 Å². The maximum Gasteiger partial charge on any atom is 0.254 e. The molecule has 1 N–H and O–H groups in total. The Morgan fingerprint density at radius 1 is 1.12 bits per heavy atom. The molecule has 3 rings (SSSR count). The molecule has 0 radical (unpaired) electrons. The number of benzene rings is 1. The second kappa shape index (κ2) is 7.13.